The number of imidazole rings is 1. The van der Waals surface area contributed by atoms with Crippen LogP contribution >= 0.6 is 27.5 Å². The van der Waals surface area contributed by atoms with Gasteiger partial charge in [0.25, 0.3) is 0 Å². The molecule has 0 radical (unpaired) electrons. The maximum Gasteiger partial charge on any atom is 0.140 e. The highest BCUT2D eigenvalue weighted by Gasteiger charge is 2.10. The number of nitrogens with one attached hydrogen (secondary N) is 1. The fourth-order valence-corrected chi connectivity index (χ4v) is 1.90. The Labute approximate surface area is 100 Å². The summed E-state index contributed by atoms with van der Waals surface area (Å²) in [7, 11) is 0. The van der Waals surface area contributed by atoms with Crippen LogP contribution in [-0.4, -0.2) is 15.1 Å². The quantitative estimate of drug-likeness (QED) is 0.892. The predicted octanol–water partition coefficient (Wildman–Crippen LogP) is 2.98. The Morgan fingerprint density at radius 2 is 2.13 bits per heavy atom. The molecule has 15 heavy (non-hydrogen) atoms. The number of aromatic amines is 1. The van der Waals surface area contributed by atoms with Crippen LogP contribution in [0.5, 0.6) is 0 Å². The van der Waals surface area contributed by atoms with Crippen LogP contribution in [0.15, 0.2) is 28.9 Å². The summed E-state index contributed by atoms with van der Waals surface area (Å²) in [5, 5.41) is 9.64. The number of aliphatic hydroxyl groups excluding tert-OH is 1. The summed E-state index contributed by atoms with van der Waals surface area (Å²) >= 11 is 9.28. The molecule has 2 aromatic rings. The highest BCUT2D eigenvalue weighted by Crippen LogP contribution is 2.27. The molecule has 1 heterocycles. The first-order chi connectivity index (χ1) is 7.22. The first-order valence-electron chi connectivity index (χ1n) is 4.32. The van der Waals surface area contributed by atoms with E-state index in [9.17, 15) is 0 Å². The molecule has 0 saturated carbocycles. The molecule has 0 fully saturated rings. The highest BCUT2D eigenvalue weighted by molar-refractivity contribution is 9.10. The third kappa shape index (κ3) is 2.07. The summed E-state index contributed by atoms with van der Waals surface area (Å²) in [6.45, 7) is -0.0853. The van der Waals surface area contributed by atoms with E-state index < -0.39 is 0 Å². The number of aromatic nitrogens is 2. The van der Waals surface area contributed by atoms with Crippen molar-refractivity contribution in [2.75, 3.05) is 0 Å². The molecule has 78 valence electrons. The minimum atomic E-state index is -0.0853. The van der Waals surface area contributed by atoms with Gasteiger partial charge in [-0.15, -0.1) is 0 Å². The van der Waals surface area contributed by atoms with Gasteiger partial charge in [0.1, 0.15) is 10.4 Å². The Bertz CT molecular complexity index is 484. The van der Waals surface area contributed by atoms with Crippen LogP contribution < -0.4 is 0 Å². The molecular formula is C10H8BrClN2O. The smallest absolute Gasteiger partial charge is 0.140 e. The number of benzene rings is 1. The van der Waals surface area contributed by atoms with Crippen LogP contribution in [0.3, 0.4) is 0 Å². The van der Waals surface area contributed by atoms with Crippen LogP contribution in [0, 0.1) is 0 Å². The lowest BCUT2D eigenvalue weighted by atomic mass is 10.2. The van der Waals surface area contributed by atoms with E-state index in [2.05, 4.69) is 25.9 Å². The largest absolute Gasteiger partial charge is 0.390 e. The molecule has 2 N–H and O–H groups in total. The van der Waals surface area contributed by atoms with Gasteiger partial charge in [-0.05, 0) is 28.1 Å². The van der Waals surface area contributed by atoms with Crippen LogP contribution in [0.2, 0.25) is 5.02 Å². The van der Waals surface area contributed by atoms with Gasteiger partial charge in [0.05, 0.1) is 17.3 Å². The van der Waals surface area contributed by atoms with Crippen molar-refractivity contribution in [2.24, 2.45) is 0 Å². The summed E-state index contributed by atoms with van der Waals surface area (Å²) in [5.41, 5.74) is 1.46. The molecule has 0 aliphatic carbocycles. The van der Waals surface area contributed by atoms with Gasteiger partial charge in [-0.2, -0.15) is 0 Å². The molecule has 5 heteroatoms. The average molecular weight is 288 g/mol. The molecule has 0 saturated heterocycles. The molecule has 2 rings (SSSR count). The maximum atomic E-state index is 9.01. The Hall–Kier alpha value is -0.840. The second kappa shape index (κ2) is 4.35. The van der Waals surface area contributed by atoms with Crippen LogP contribution in [-0.2, 0) is 6.61 Å². The van der Waals surface area contributed by atoms with Gasteiger partial charge in [-0.1, -0.05) is 23.7 Å². The van der Waals surface area contributed by atoms with Crippen molar-refractivity contribution in [3.63, 3.8) is 0 Å². The molecule has 0 aliphatic heterocycles. The molecule has 0 atom stereocenters. The first kappa shape index (κ1) is 10.7. The average Bonchev–Trinajstić information content (AvgIpc) is 2.60. The van der Waals surface area contributed by atoms with Gasteiger partial charge in [0.15, 0.2) is 0 Å². The van der Waals surface area contributed by atoms with Crippen LogP contribution in [0.25, 0.3) is 11.4 Å². The van der Waals surface area contributed by atoms with Crippen molar-refractivity contribution in [1.82, 2.24) is 9.97 Å². The Morgan fingerprint density at radius 1 is 1.40 bits per heavy atom. The summed E-state index contributed by atoms with van der Waals surface area (Å²) < 4.78 is 0.611. The van der Waals surface area contributed by atoms with Gasteiger partial charge in [0, 0.05) is 5.56 Å². The lowest BCUT2D eigenvalue weighted by molar-refractivity contribution is 0.276. The Morgan fingerprint density at radius 3 is 2.73 bits per heavy atom. The maximum absolute atomic E-state index is 9.01. The topological polar surface area (TPSA) is 48.9 Å². The van der Waals surface area contributed by atoms with Crippen molar-refractivity contribution in [3.8, 4) is 11.4 Å². The van der Waals surface area contributed by atoms with E-state index in [-0.39, 0.29) is 6.61 Å². The van der Waals surface area contributed by atoms with Gasteiger partial charge >= 0.3 is 0 Å². The zero-order valence-electron chi connectivity index (χ0n) is 7.67. The van der Waals surface area contributed by atoms with E-state index in [1.807, 2.05) is 18.2 Å². The number of hydrogen-bond donors (Lipinski definition) is 2. The van der Waals surface area contributed by atoms with Crippen molar-refractivity contribution in [3.05, 3.63) is 39.6 Å². The molecule has 3 nitrogen and oxygen atoms in total. The zero-order chi connectivity index (χ0) is 10.8. The highest BCUT2D eigenvalue weighted by atomic mass is 79.9. The molecular weight excluding hydrogens is 279 g/mol. The first-order valence-corrected chi connectivity index (χ1v) is 5.49. The van der Waals surface area contributed by atoms with E-state index in [0.717, 1.165) is 5.56 Å². The van der Waals surface area contributed by atoms with Gasteiger partial charge in [-0.3, -0.25) is 0 Å². The van der Waals surface area contributed by atoms with E-state index in [1.165, 1.54) is 0 Å². The summed E-state index contributed by atoms with van der Waals surface area (Å²) in [5.74, 6) is 0.650. The third-order valence-electron chi connectivity index (χ3n) is 2.02. The van der Waals surface area contributed by atoms with Gasteiger partial charge in [-0.25, -0.2) is 4.98 Å². The monoisotopic (exact) mass is 286 g/mol. The third-order valence-corrected chi connectivity index (χ3v) is 3.00. The number of halogens is 2. The summed E-state index contributed by atoms with van der Waals surface area (Å²) in [6, 6.07) is 7.41. The normalized spacial score (nSPS) is 10.6. The number of nitrogens with zero attached hydrogens (tertiary/aromatic N) is 1. The van der Waals surface area contributed by atoms with Crippen LogP contribution in [0.4, 0.5) is 0 Å². The number of H-pyrrole nitrogens is 1. The minimum Gasteiger partial charge on any atom is -0.390 e. The lowest BCUT2D eigenvalue weighted by Crippen LogP contribution is -1.84. The van der Waals surface area contributed by atoms with E-state index in [4.69, 9.17) is 16.7 Å². The molecule has 0 bridgehead atoms. The summed E-state index contributed by atoms with van der Waals surface area (Å²) in [6.07, 6.45) is 0. The number of aliphatic hydroxyl groups is 1. The molecule has 0 spiro atoms. The Kier molecular flexibility index (Phi) is 3.09. The molecule has 1 aromatic carbocycles. The van der Waals surface area contributed by atoms with Gasteiger partial charge in [0.2, 0.25) is 0 Å². The predicted molar refractivity (Wildman–Crippen MR) is 62.7 cm³/mol. The molecule has 0 unspecified atom stereocenters. The van der Waals surface area contributed by atoms with Crippen molar-refractivity contribution < 1.29 is 5.11 Å². The van der Waals surface area contributed by atoms with Crippen LogP contribution in [0.1, 0.15) is 5.69 Å². The van der Waals surface area contributed by atoms with Crippen molar-refractivity contribution in [1.29, 1.82) is 0 Å². The summed E-state index contributed by atoms with van der Waals surface area (Å²) in [4.78, 5) is 7.23. The minimum absolute atomic E-state index is 0.0853. The van der Waals surface area contributed by atoms with E-state index >= 15 is 0 Å². The molecule has 0 amide bonds. The standard InChI is InChI=1S/C10H8BrClN2O/c11-9-8(5-15)13-10(14-9)6-3-1-2-4-7(6)12/h1-4,15H,5H2,(H,13,14). The van der Waals surface area contributed by atoms with Crippen molar-refractivity contribution in [2.45, 2.75) is 6.61 Å². The number of hydrogen-bond acceptors (Lipinski definition) is 2. The fourth-order valence-electron chi connectivity index (χ4n) is 1.27. The second-order valence-electron chi connectivity index (χ2n) is 2.99. The van der Waals surface area contributed by atoms with Gasteiger partial charge < -0.3 is 10.1 Å². The lowest BCUT2D eigenvalue weighted by Gasteiger charge is -1.98. The Balaban J connectivity index is 2.50. The number of rotatable bonds is 2. The van der Waals surface area contributed by atoms with E-state index in [0.29, 0.717) is 21.1 Å². The zero-order valence-corrected chi connectivity index (χ0v) is 10.0. The van der Waals surface area contributed by atoms with Crippen molar-refractivity contribution >= 4 is 27.5 Å². The SMILES string of the molecule is OCc1[nH]c(-c2ccccc2Cl)nc1Br. The molecule has 1 aromatic heterocycles. The second-order valence-corrected chi connectivity index (χ2v) is 4.15. The van der Waals surface area contributed by atoms with E-state index in [1.54, 1.807) is 6.07 Å². The molecule has 0 aliphatic rings. The fraction of sp³-hybridized carbons (Fsp3) is 0.100.